The number of amides is 1. The van der Waals surface area contributed by atoms with Gasteiger partial charge in [0.15, 0.2) is 0 Å². The number of imidazole rings is 1. The summed E-state index contributed by atoms with van der Waals surface area (Å²) in [6, 6.07) is 7.94. The molecule has 1 N–H and O–H groups in total. The second-order valence-electron chi connectivity index (χ2n) is 3.71. The van der Waals surface area contributed by atoms with Gasteiger partial charge in [-0.15, -0.1) is 0 Å². The van der Waals surface area contributed by atoms with Gasteiger partial charge in [-0.3, -0.25) is 10.1 Å². The number of hydrogen-bond acceptors (Lipinski definition) is 2. The Labute approximate surface area is 108 Å². The van der Waals surface area contributed by atoms with E-state index in [1.54, 1.807) is 6.20 Å². The standard InChI is InChI=1S/C12H12BrN3O/c1-8(17)15-12-14-7-11(16(12)2)9-3-5-10(13)6-4-9/h3-7H,1-2H3,(H,14,15,17). The minimum atomic E-state index is -0.124. The van der Waals surface area contributed by atoms with Crippen molar-refractivity contribution in [3.05, 3.63) is 34.9 Å². The molecule has 0 radical (unpaired) electrons. The molecule has 0 fully saturated rings. The van der Waals surface area contributed by atoms with Crippen molar-refractivity contribution in [1.29, 1.82) is 0 Å². The van der Waals surface area contributed by atoms with Gasteiger partial charge >= 0.3 is 0 Å². The van der Waals surface area contributed by atoms with Crippen molar-refractivity contribution < 1.29 is 4.79 Å². The Morgan fingerprint density at radius 1 is 1.35 bits per heavy atom. The van der Waals surface area contributed by atoms with Gasteiger partial charge in [-0.2, -0.15) is 0 Å². The third kappa shape index (κ3) is 2.55. The molecule has 1 heterocycles. The highest BCUT2D eigenvalue weighted by Crippen LogP contribution is 2.23. The Morgan fingerprint density at radius 3 is 2.59 bits per heavy atom. The van der Waals surface area contributed by atoms with E-state index in [0.717, 1.165) is 15.7 Å². The first-order valence-electron chi connectivity index (χ1n) is 5.13. The zero-order valence-electron chi connectivity index (χ0n) is 9.57. The first-order valence-corrected chi connectivity index (χ1v) is 5.92. The maximum absolute atomic E-state index is 11.0. The average molecular weight is 294 g/mol. The lowest BCUT2D eigenvalue weighted by atomic mass is 10.2. The van der Waals surface area contributed by atoms with Gasteiger partial charge in [-0.05, 0) is 17.7 Å². The van der Waals surface area contributed by atoms with Gasteiger partial charge in [0.1, 0.15) is 0 Å². The van der Waals surface area contributed by atoms with Crippen LogP contribution in [-0.2, 0) is 11.8 Å². The Balaban J connectivity index is 2.37. The number of nitrogens with zero attached hydrogens (tertiary/aromatic N) is 2. The van der Waals surface area contributed by atoms with Crippen LogP contribution in [0.4, 0.5) is 5.95 Å². The van der Waals surface area contributed by atoms with Crippen molar-refractivity contribution in [3.63, 3.8) is 0 Å². The fraction of sp³-hybridized carbons (Fsp3) is 0.167. The summed E-state index contributed by atoms with van der Waals surface area (Å²) < 4.78 is 2.88. The van der Waals surface area contributed by atoms with Crippen LogP contribution in [0.3, 0.4) is 0 Å². The van der Waals surface area contributed by atoms with Crippen molar-refractivity contribution in [2.24, 2.45) is 7.05 Å². The van der Waals surface area contributed by atoms with E-state index in [-0.39, 0.29) is 5.91 Å². The smallest absolute Gasteiger partial charge is 0.223 e. The van der Waals surface area contributed by atoms with Crippen LogP contribution in [0.15, 0.2) is 34.9 Å². The predicted molar refractivity (Wildman–Crippen MR) is 70.6 cm³/mol. The van der Waals surface area contributed by atoms with Crippen LogP contribution in [-0.4, -0.2) is 15.5 Å². The summed E-state index contributed by atoms with van der Waals surface area (Å²) in [5.74, 6) is 0.427. The summed E-state index contributed by atoms with van der Waals surface area (Å²) in [5, 5.41) is 2.68. The topological polar surface area (TPSA) is 46.9 Å². The van der Waals surface area contributed by atoms with E-state index in [1.807, 2.05) is 35.9 Å². The first kappa shape index (κ1) is 11.9. The lowest BCUT2D eigenvalue weighted by Gasteiger charge is -2.06. The quantitative estimate of drug-likeness (QED) is 0.925. The van der Waals surface area contributed by atoms with Crippen molar-refractivity contribution in [2.45, 2.75) is 6.92 Å². The molecule has 2 rings (SSSR count). The van der Waals surface area contributed by atoms with E-state index < -0.39 is 0 Å². The maximum atomic E-state index is 11.0. The molecule has 0 aliphatic rings. The summed E-state index contributed by atoms with van der Waals surface area (Å²) in [6.07, 6.45) is 1.74. The van der Waals surface area contributed by atoms with Crippen LogP contribution >= 0.6 is 15.9 Å². The van der Waals surface area contributed by atoms with Gasteiger partial charge in [-0.1, -0.05) is 28.1 Å². The number of nitrogens with one attached hydrogen (secondary N) is 1. The molecule has 88 valence electrons. The Kier molecular flexibility index (Phi) is 3.28. The molecule has 0 bridgehead atoms. The molecule has 0 atom stereocenters. The molecular weight excluding hydrogens is 282 g/mol. The zero-order valence-corrected chi connectivity index (χ0v) is 11.2. The monoisotopic (exact) mass is 293 g/mol. The summed E-state index contributed by atoms with van der Waals surface area (Å²) in [6.45, 7) is 1.47. The largest absolute Gasteiger partial charge is 0.313 e. The molecule has 1 amide bonds. The van der Waals surface area contributed by atoms with Crippen LogP contribution in [0.5, 0.6) is 0 Å². The molecule has 5 heteroatoms. The van der Waals surface area contributed by atoms with Gasteiger partial charge in [0.05, 0.1) is 11.9 Å². The second-order valence-corrected chi connectivity index (χ2v) is 4.63. The number of anilines is 1. The van der Waals surface area contributed by atoms with E-state index >= 15 is 0 Å². The van der Waals surface area contributed by atoms with Crippen LogP contribution in [0.1, 0.15) is 6.92 Å². The zero-order chi connectivity index (χ0) is 12.4. The third-order valence-electron chi connectivity index (χ3n) is 2.42. The van der Waals surface area contributed by atoms with E-state index in [0.29, 0.717) is 5.95 Å². The minimum absolute atomic E-state index is 0.124. The molecule has 0 aliphatic heterocycles. The minimum Gasteiger partial charge on any atom is -0.313 e. The van der Waals surface area contributed by atoms with E-state index in [4.69, 9.17) is 0 Å². The number of carbonyl (C=O) groups is 1. The lowest BCUT2D eigenvalue weighted by molar-refractivity contribution is -0.114. The van der Waals surface area contributed by atoms with Gasteiger partial charge in [0, 0.05) is 18.4 Å². The van der Waals surface area contributed by atoms with Crippen molar-refractivity contribution in [2.75, 3.05) is 5.32 Å². The summed E-state index contributed by atoms with van der Waals surface area (Å²) in [4.78, 5) is 15.2. The van der Waals surface area contributed by atoms with Gasteiger partial charge in [0.25, 0.3) is 0 Å². The van der Waals surface area contributed by atoms with Crippen LogP contribution in [0, 0.1) is 0 Å². The number of halogens is 1. The first-order chi connectivity index (χ1) is 8.08. The van der Waals surface area contributed by atoms with Gasteiger partial charge in [-0.25, -0.2) is 4.98 Å². The van der Waals surface area contributed by atoms with Crippen LogP contribution in [0.25, 0.3) is 11.3 Å². The molecule has 17 heavy (non-hydrogen) atoms. The summed E-state index contributed by atoms with van der Waals surface area (Å²) in [5.41, 5.74) is 2.01. The number of aromatic nitrogens is 2. The highest BCUT2D eigenvalue weighted by molar-refractivity contribution is 9.10. The molecular formula is C12H12BrN3O. The maximum Gasteiger partial charge on any atom is 0.223 e. The number of benzene rings is 1. The number of carbonyl (C=O) groups excluding carboxylic acids is 1. The van der Waals surface area contributed by atoms with Crippen LogP contribution < -0.4 is 5.32 Å². The van der Waals surface area contributed by atoms with Crippen molar-refractivity contribution in [3.8, 4) is 11.3 Å². The van der Waals surface area contributed by atoms with E-state index in [2.05, 4.69) is 26.2 Å². The fourth-order valence-corrected chi connectivity index (χ4v) is 1.84. The van der Waals surface area contributed by atoms with Gasteiger partial charge in [0.2, 0.25) is 11.9 Å². The third-order valence-corrected chi connectivity index (χ3v) is 2.94. The second kappa shape index (κ2) is 4.71. The molecule has 1 aromatic carbocycles. The molecule has 0 saturated heterocycles. The van der Waals surface area contributed by atoms with E-state index in [1.165, 1.54) is 6.92 Å². The average Bonchev–Trinajstić information content (AvgIpc) is 2.61. The Hall–Kier alpha value is -1.62. The Bertz CT molecular complexity index is 545. The Morgan fingerprint density at radius 2 is 2.00 bits per heavy atom. The van der Waals surface area contributed by atoms with Crippen LogP contribution in [0.2, 0.25) is 0 Å². The SMILES string of the molecule is CC(=O)Nc1ncc(-c2ccc(Br)cc2)n1C. The predicted octanol–water partition coefficient (Wildman–Crippen LogP) is 2.81. The molecule has 1 aromatic heterocycles. The normalized spacial score (nSPS) is 10.3. The molecule has 0 aliphatic carbocycles. The molecule has 0 unspecified atom stereocenters. The number of rotatable bonds is 2. The molecule has 4 nitrogen and oxygen atoms in total. The van der Waals surface area contributed by atoms with Crippen molar-refractivity contribution in [1.82, 2.24) is 9.55 Å². The molecule has 0 spiro atoms. The van der Waals surface area contributed by atoms with E-state index in [9.17, 15) is 4.79 Å². The van der Waals surface area contributed by atoms with Crippen molar-refractivity contribution >= 4 is 27.8 Å². The number of hydrogen-bond donors (Lipinski definition) is 1. The lowest BCUT2D eigenvalue weighted by Crippen LogP contribution is -2.10. The summed E-state index contributed by atoms with van der Waals surface area (Å²) >= 11 is 3.40. The van der Waals surface area contributed by atoms with Gasteiger partial charge < -0.3 is 4.57 Å². The molecule has 2 aromatic rings. The summed E-state index contributed by atoms with van der Waals surface area (Å²) in [7, 11) is 1.87. The molecule has 0 saturated carbocycles. The highest BCUT2D eigenvalue weighted by atomic mass is 79.9. The highest BCUT2D eigenvalue weighted by Gasteiger charge is 2.08. The fourth-order valence-electron chi connectivity index (χ4n) is 1.57.